The third kappa shape index (κ3) is 5.60. The van der Waals surface area contributed by atoms with Gasteiger partial charge in [-0.1, -0.05) is 44.7 Å². The summed E-state index contributed by atoms with van der Waals surface area (Å²) in [5.74, 6) is -1.64. The smallest absolute Gasteiger partial charge is 0.423 e. The summed E-state index contributed by atoms with van der Waals surface area (Å²) in [5.41, 5.74) is 0.480. The monoisotopic (exact) mass is 404 g/mol. The third-order valence-electron chi connectivity index (χ3n) is 4.18. The number of hydrogen-bond acceptors (Lipinski definition) is 8. The number of ether oxygens (including phenoxy) is 3. The van der Waals surface area contributed by atoms with Crippen molar-refractivity contribution in [2.45, 2.75) is 52.4 Å². The van der Waals surface area contributed by atoms with Crippen molar-refractivity contribution >= 4 is 17.9 Å². The molecule has 0 saturated carbocycles. The lowest BCUT2D eigenvalue weighted by atomic mass is 9.94. The van der Waals surface area contributed by atoms with Gasteiger partial charge in [0.1, 0.15) is 11.2 Å². The summed E-state index contributed by atoms with van der Waals surface area (Å²) < 4.78 is 23.8. The average molecular weight is 404 g/mol. The lowest BCUT2D eigenvalue weighted by Crippen LogP contribution is -2.30. The van der Waals surface area contributed by atoms with Gasteiger partial charge in [0.25, 0.3) is 5.76 Å². The van der Waals surface area contributed by atoms with Crippen LogP contribution in [0.5, 0.6) is 0 Å². The van der Waals surface area contributed by atoms with Crippen LogP contribution in [-0.4, -0.2) is 24.2 Å². The Hall–Kier alpha value is -3.29. The van der Waals surface area contributed by atoms with E-state index in [1.807, 2.05) is 24.3 Å². The molecule has 0 bridgehead atoms. The second-order valence-electron chi connectivity index (χ2n) is 7.20. The van der Waals surface area contributed by atoms with Crippen molar-refractivity contribution in [2.75, 3.05) is 0 Å². The summed E-state index contributed by atoms with van der Waals surface area (Å²) in [5, 5.41) is 0. The van der Waals surface area contributed by atoms with E-state index in [-0.39, 0.29) is 5.76 Å². The molecule has 156 valence electrons. The van der Waals surface area contributed by atoms with Gasteiger partial charge in [-0.05, 0) is 30.9 Å². The molecule has 2 aromatic rings. The zero-order chi connectivity index (χ0) is 21.8. The highest BCUT2D eigenvalue weighted by molar-refractivity contribution is 6.22. The lowest BCUT2D eigenvalue weighted by Gasteiger charge is -2.26. The van der Waals surface area contributed by atoms with Gasteiger partial charge in [-0.3, -0.25) is 13.9 Å². The number of carbonyl (C=O) groups excluding carboxylic acids is 3. The fourth-order valence-electron chi connectivity index (χ4n) is 2.37. The summed E-state index contributed by atoms with van der Waals surface area (Å²) in [6, 6.07) is 7.69. The van der Waals surface area contributed by atoms with E-state index in [0.29, 0.717) is 5.92 Å². The molecule has 1 aromatic carbocycles. The molecule has 29 heavy (non-hydrogen) atoms. The van der Waals surface area contributed by atoms with Crippen LogP contribution in [0.4, 0.5) is 4.79 Å². The molecule has 1 heterocycles. The van der Waals surface area contributed by atoms with Crippen molar-refractivity contribution in [1.82, 2.24) is 0 Å². The van der Waals surface area contributed by atoms with Crippen molar-refractivity contribution in [3.63, 3.8) is 0 Å². The molecule has 0 amide bonds. The van der Waals surface area contributed by atoms with Crippen LogP contribution in [0, 0.1) is 0 Å². The fraction of sp³-hybridized carbons (Fsp3) is 0.381. The van der Waals surface area contributed by atoms with E-state index < -0.39 is 35.4 Å². The molecular formula is C21H24O8. The largest absolute Gasteiger partial charge is 0.512 e. The van der Waals surface area contributed by atoms with Crippen LogP contribution in [0.25, 0.3) is 0 Å². The summed E-state index contributed by atoms with van der Waals surface area (Å²) in [6.45, 7) is 12.2. The van der Waals surface area contributed by atoms with E-state index in [4.69, 9.17) is 14.2 Å². The van der Waals surface area contributed by atoms with E-state index in [9.17, 15) is 14.4 Å². The minimum atomic E-state index is -1.30. The molecular weight excluding hydrogens is 380 g/mol. The zero-order valence-electron chi connectivity index (χ0n) is 17.0. The van der Waals surface area contributed by atoms with Crippen LogP contribution in [0.3, 0.4) is 0 Å². The maximum Gasteiger partial charge on any atom is 0.512 e. The summed E-state index contributed by atoms with van der Waals surface area (Å²) in [4.78, 5) is 35.8. The Morgan fingerprint density at radius 2 is 1.62 bits per heavy atom. The number of benzene rings is 1. The minimum absolute atomic E-state index is 0.176. The van der Waals surface area contributed by atoms with Crippen LogP contribution in [0.15, 0.2) is 51.8 Å². The molecule has 0 spiro atoms. The van der Waals surface area contributed by atoms with E-state index in [2.05, 4.69) is 29.6 Å². The van der Waals surface area contributed by atoms with Crippen molar-refractivity contribution in [3.8, 4) is 0 Å². The molecule has 0 fully saturated rings. The molecule has 1 unspecified atom stereocenters. The molecule has 0 aliphatic carbocycles. The lowest BCUT2D eigenvalue weighted by molar-refractivity contribution is -0.165. The number of hydrogen-bond donors (Lipinski definition) is 0. The molecule has 0 radical (unpaired) electrons. The highest BCUT2D eigenvalue weighted by Gasteiger charge is 2.29. The molecule has 0 N–H and O–H groups in total. The number of ketones is 1. The first kappa shape index (κ1) is 22.0. The van der Waals surface area contributed by atoms with E-state index in [1.54, 1.807) is 13.8 Å². The minimum Gasteiger partial charge on any atom is -0.423 e. The Labute approximate surface area is 168 Å². The first-order chi connectivity index (χ1) is 13.5. The molecule has 1 aromatic heterocycles. The van der Waals surface area contributed by atoms with Crippen LogP contribution >= 0.6 is 0 Å². The van der Waals surface area contributed by atoms with Crippen LogP contribution in [0.2, 0.25) is 0 Å². The molecule has 0 aliphatic rings. The molecule has 8 heteroatoms. The van der Waals surface area contributed by atoms with Crippen LogP contribution in [0.1, 0.15) is 62.2 Å². The molecule has 0 saturated heterocycles. The third-order valence-corrected chi connectivity index (χ3v) is 4.18. The van der Waals surface area contributed by atoms with Gasteiger partial charge in [-0.25, -0.2) is 9.59 Å². The predicted octanol–water partition coefficient (Wildman–Crippen LogP) is 4.71. The van der Waals surface area contributed by atoms with Crippen LogP contribution in [-0.2, 0) is 24.6 Å². The zero-order valence-corrected chi connectivity index (χ0v) is 17.0. The standard InChI is InChI=1S/C21H24O8/c1-12(2)15-7-9-16(10-8-15)21(5,6)28-20(24)27-14(4)26-19(23)13(3)18(22)17-11-25-29-17/h7-12,14H,3H2,1-2,4-6H3. The SMILES string of the molecule is C=C(C(=O)OC(C)OC(=O)OC(C)(C)c1ccc(C(C)C)cc1)C(=O)c1coo1. The highest BCUT2D eigenvalue weighted by atomic mass is 17.0. The Balaban J connectivity index is 1.89. The molecule has 1 atom stereocenters. The second-order valence-corrected chi connectivity index (χ2v) is 7.20. The van der Waals surface area contributed by atoms with Gasteiger partial charge in [0.15, 0.2) is 6.26 Å². The Kier molecular flexibility index (Phi) is 6.68. The van der Waals surface area contributed by atoms with Gasteiger partial charge in [0.2, 0.25) is 12.1 Å². The quantitative estimate of drug-likeness (QED) is 0.118. The van der Waals surface area contributed by atoms with Crippen molar-refractivity contribution in [3.05, 3.63) is 59.6 Å². The van der Waals surface area contributed by atoms with Gasteiger partial charge in [0, 0.05) is 6.92 Å². The maximum absolute atomic E-state index is 12.1. The fourth-order valence-corrected chi connectivity index (χ4v) is 2.37. The maximum atomic E-state index is 12.1. The van der Waals surface area contributed by atoms with Gasteiger partial charge in [-0.2, -0.15) is 0 Å². The normalized spacial score (nSPS) is 12.3. The topological polar surface area (TPSA) is 105 Å². The predicted molar refractivity (Wildman–Crippen MR) is 101 cm³/mol. The molecule has 8 nitrogen and oxygen atoms in total. The summed E-state index contributed by atoms with van der Waals surface area (Å²) >= 11 is 0. The average Bonchev–Trinajstić information content (AvgIpc) is 2.58. The Bertz CT molecular complexity index is 873. The van der Waals surface area contributed by atoms with Crippen LogP contribution < -0.4 is 0 Å². The number of esters is 1. The van der Waals surface area contributed by atoms with Crippen molar-refractivity contribution in [2.24, 2.45) is 0 Å². The summed E-state index contributed by atoms with van der Waals surface area (Å²) in [6.07, 6.45) is -1.31. The highest BCUT2D eigenvalue weighted by Crippen LogP contribution is 2.27. The van der Waals surface area contributed by atoms with E-state index in [1.165, 1.54) is 6.92 Å². The van der Waals surface area contributed by atoms with Crippen molar-refractivity contribution < 1.29 is 37.7 Å². The number of Topliss-reactive ketones (excluding diaryl/α,β-unsaturated/α-hetero) is 1. The number of rotatable bonds is 8. The molecule has 2 rings (SSSR count). The summed E-state index contributed by atoms with van der Waals surface area (Å²) in [7, 11) is 0. The number of carbonyl (C=O) groups is 3. The van der Waals surface area contributed by atoms with Gasteiger partial charge < -0.3 is 14.2 Å². The molecule has 0 aliphatic heterocycles. The van der Waals surface area contributed by atoms with E-state index in [0.717, 1.165) is 17.4 Å². The Morgan fingerprint density at radius 3 is 2.10 bits per heavy atom. The Morgan fingerprint density at radius 1 is 1.03 bits per heavy atom. The van der Waals surface area contributed by atoms with Crippen molar-refractivity contribution in [1.29, 1.82) is 0 Å². The van der Waals surface area contributed by atoms with E-state index >= 15 is 0 Å². The van der Waals surface area contributed by atoms with Gasteiger partial charge in [0.05, 0.1) is 0 Å². The first-order valence-electron chi connectivity index (χ1n) is 8.99. The second kappa shape index (κ2) is 8.81. The van der Waals surface area contributed by atoms with Gasteiger partial charge >= 0.3 is 12.1 Å². The first-order valence-corrected chi connectivity index (χ1v) is 8.99. The van der Waals surface area contributed by atoms with Gasteiger partial charge in [-0.15, -0.1) is 0 Å².